The zero-order valence-electron chi connectivity index (χ0n) is 13.3. The molecule has 3 aromatic rings. The molecule has 114 valence electrons. The fourth-order valence-corrected chi connectivity index (χ4v) is 3.53. The maximum Gasteiger partial charge on any atom is 0.131 e. The van der Waals surface area contributed by atoms with Gasteiger partial charge in [0.05, 0.1) is 22.9 Å². The summed E-state index contributed by atoms with van der Waals surface area (Å²) in [6.07, 6.45) is 0. The Morgan fingerprint density at radius 1 is 1.14 bits per heavy atom. The number of thiazole rings is 1. The Bertz CT molecular complexity index is 808. The van der Waals surface area contributed by atoms with Crippen LogP contribution in [0.2, 0.25) is 0 Å². The summed E-state index contributed by atoms with van der Waals surface area (Å²) in [7, 11) is 1.70. The molecule has 0 saturated heterocycles. The SMILES string of the molecule is COc1cc(NC(C)C)ccc1-c1nc2ccc(C)cc2s1. The number of anilines is 1. The van der Waals surface area contributed by atoms with Crippen LogP contribution in [0.4, 0.5) is 5.69 Å². The standard InChI is InChI=1S/C18H20N2OS/c1-11(2)19-13-6-7-14(16(10-13)21-4)18-20-15-8-5-12(3)9-17(15)22-18/h5-11,19H,1-4H3. The van der Waals surface area contributed by atoms with Gasteiger partial charge in [-0.25, -0.2) is 4.98 Å². The monoisotopic (exact) mass is 312 g/mol. The molecular weight excluding hydrogens is 292 g/mol. The molecule has 0 saturated carbocycles. The molecule has 2 aromatic carbocycles. The first-order chi connectivity index (χ1) is 10.6. The molecular formula is C18H20N2OS. The second kappa shape index (κ2) is 5.97. The number of nitrogens with zero attached hydrogens (tertiary/aromatic N) is 1. The van der Waals surface area contributed by atoms with Gasteiger partial charge in [0.15, 0.2) is 0 Å². The highest BCUT2D eigenvalue weighted by Gasteiger charge is 2.12. The van der Waals surface area contributed by atoms with Crippen molar-refractivity contribution in [2.75, 3.05) is 12.4 Å². The molecule has 0 fully saturated rings. The van der Waals surface area contributed by atoms with E-state index in [1.807, 2.05) is 6.07 Å². The van der Waals surface area contributed by atoms with E-state index in [4.69, 9.17) is 9.72 Å². The van der Waals surface area contributed by atoms with Gasteiger partial charge in [0, 0.05) is 17.8 Å². The fourth-order valence-electron chi connectivity index (χ4n) is 2.44. The number of ether oxygens (including phenoxy) is 1. The second-order valence-electron chi connectivity index (χ2n) is 5.70. The molecule has 0 spiro atoms. The molecule has 1 heterocycles. The zero-order chi connectivity index (χ0) is 15.7. The maximum atomic E-state index is 5.57. The van der Waals surface area contributed by atoms with Gasteiger partial charge in [-0.1, -0.05) is 6.07 Å². The van der Waals surface area contributed by atoms with Gasteiger partial charge >= 0.3 is 0 Å². The summed E-state index contributed by atoms with van der Waals surface area (Å²) < 4.78 is 6.78. The van der Waals surface area contributed by atoms with Crippen molar-refractivity contribution in [2.24, 2.45) is 0 Å². The molecule has 0 aliphatic carbocycles. The number of benzene rings is 2. The summed E-state index contributed by atoms with van der Waals surface area (Å²) in [4.78, 5) is 4.74. The topological polar surface area (TPSA) is 34.1 Å². The van der Waals surface area contributed by atoms with Gasteiger partial charge in [-0.2, -0.15) is 0 Å². The first kappa shape index (κ1) is 14.9. The molecule has 1 N–H and O–H groups in total. The van der Waals surface area contributed by atoms with Crippen molar-refractivity contribution in [3.8, 4) is 16.3 Å². The summed E-state index contributed by atoms with van der Waals surface area (Å²) in [5, 5.41) is 4.39. The third-order valence-corrected chi connectivity index (χ3v) is 4.48. The average Bonchev–Trinajstić information content (AvgIpc) is 2.89. The summed E-state index contributed by atoms with van der Waals surface area (Å²) >= 11 is 1.70. The Labute approximate surface area is 135 Å². The molecule has 0 amide bonds. The van der Waals surface area contributed by atoms with Crippen molar-refractivity contribution < 1.29 is 4.74 Å². The Balaban J connectivity index is 2.05. The van der Waals surface area contributed by atoms with E-state index < -0.39 is 0 Å². The van der Waals surface area contributed by atoms with E-state index >= 15 is 0 Å². The molecule has 3 rings (SSSR count). The van der Waals surface area contributed by atoms with Gasteiger partial charge in [0.1, 0.15) is 10.8 Å². The van der Waals surface area contributed by atoms with Crippen LogP contribution in [0, 0.1) is 6.92 Å². The van der Waals surface area contributed by atoms with E-state index in [0.717, 1.165) is 27.5 Å². The van der Waals surface area contributed by atoms with Crippen LogP contribution >= 0.6 is 11.3 Å². The number of aromatic nitrogens is 1. The van der Waals surface area contributed by atoms with Crippen molar-refractivity contribution in [2.45, 2.75) is 26.8 Å². The smallest absolute Gasteiger partial charge is 0.131 e. The lowest BCUT2D eigenvalue weighted by atomic mass is 10.1. The van der Waals surface area contributed by atoms with Crippen molar-refractivity contribution >= 4 is 27.2 Å². The van der Waals surface area contributed by atoms with E-state index in [9.17, 15) is 0 Å². The lowest BCUT2D eigenvalue weighted by Gasteiger charge is -2.13. The summed E-state index contributed by atoms with van der Waals surface area (Å²) in [6, 6.07) is 12.9. The van der Waals surface area contributed by atoms with Crippen molar-refractivity contribution in [1.29, 1.82) is 0 Å². The average molecular weight is 312 g/mol. The Morgan fingerprint density at radius 3 is 2.68 bits per heavy atom. The first-order valence-electron chi connectivity index (χ1n) is 7.39. The Kier molecular flexibility index (Phi) is 4.03. The number of nitrogens with one attached hydrogen (secondary N) is 1. The minimum atomic E-state index is 0.390. The zero-order valence-corrected chi connectivity index (χ0v) is 14.1. The number of rotatable bonds is 4. The van der Waals surface area contributed by atoms with Gasteiger partial charge in [-0.3, -0.25) is 0 Å². The van der Waals surface area contributed by atoms with Gasteiger partial charge in [0.25, 0.3) is 0 Å². The second-order valence-corrected chi connectivity index (χ2v) is 6.73. The molecule has 0 unspecified atom stereocenters. The molecule has 1 aromatic heterocycles. The molecule has 0 radical (unpaired) electrons. The van der Waals surface area contributed by atoms with Gasteiger partial charge in [0.2, 0.25) is 0 Å². The lowest BCUT2D eigenvalue weighted by molar-refractivity contribution is 0.416. The number of methoxy groups -OCH3 is 1. The fraction of sp³-hybridized carbons (Fsp3) is 0.278. The molecule has 0 aliphatic heterocycles. The van der Waals surface area contributed by atoms with Crippen LogP contribution < -0.4 is 10.1 Å². The van der Waals surface area contributed by atoms with Crippen LogP contribution in [0.3, 0.4) is 0 Å². The third-order valence-electron chi connectivity index (χ3n) is 3.43. The van der Waals surface area contributed by atoms with E-state index in [2.05, 4.69) is 56.4 Å². The summed E-state index contributed by atoms with van der Waals surface area (Å²) in [5.41, 5.74) is 4.39. The third kappa shape index (κ3) is 2.92. The molecule has 3 nitrogen and oxygen atoms in total. The van der Waals surface area contributed by atoms with Gasteiger partial charge in [-0.15, -0.1) is 11.3 Å². The van der Waals surface area contributed by atoms with E-state index in [1.165, 1.54) is 10.3 Å². The Morgan fingerprint density at radius 2 is 1.95 bits per heavy atom. The lowest BCUT2D eigenvalue weighted by Crippen LogP contribution is -2.09. The van der Waals surface area contributed by atoms with Crippen molar-refractivity contribution in [3.63, 3.8) is 0 Å². The largest absolute Gasteiger partial charge is 0.496 e. The van der Waals surface area contributed by atoms with Crippen LogP contribution in [0.5, 0.6) is 5.75 Å². The van der Waals surface area contributed by atoms with Gasteiger partial charge in [-0.05, 0) is 50.6 Å². The molecule has 0 bridgehead atoms. The Hall–Kier alpha value is -2.07. The highest BCUT2D eigenvalue weighted by molar-refractivity contribution is 7.21. The maximum absolute atomic E-state index is 5.57. The number of fused-ring (bicyclic) bond motifs is 1. The van der Waals surface area contributed by atoms with E-state index in [-0.39, 0.29) is 0 Å². The van der Waals surface area contributed by atoms with Crippen molar-refractivity contribution in [1.82, 2.24) is 4.98 Å². The summed E-state index contributed by atoms with van der Waals surface area (Å²) in [5.74, 6) is 0.849. The highest BCUT2D eigenvalue weighted by atomic mass is 32.1. The molecule has 22 heavy (non-hydrogen) atoms. The predicted molar refractivity (Wildman–Crippen MR) is 95.1 cm³/mol. The predicted octanol–water partition coefficient (Wildman–Crippen LogP) is 5.10. The van der Waals surface area contributed by atoms with Crippen molar-refractivity contribution in [3.05, 3.63) is 42.0 Å². The number of hydrogen-bond acceptors (Lipinski definition) is 4. The highest BCUT2D eigenvalue weighted by Crippen LogP contribution is 2.37. The summed E-state index contributed by atoms with van der Waals surface area (Å²) in [6.45, 7) is 6.35. The minimum absolute atomic E-state index is 0.390. The number of aryl methyl sites for hydroxylation is 1. The minimum Gasteiger partial charge on any atom is -0.496 e. The van der Waals surface area contributed by atoms with Crippen LogP contribution in [-0.2, 0) is 0 Å². The van der Waals surface area contributed by atoms with Gasteiger partial charge < -0.3 is 10.1 Å². The molecule has 0 atom stereocenters. The van der Waals surface area contributed by atoms with Crippen LogP contribution in [0.25, 0.3) is 20.8 Å². The molecule has 0 aliphatic rings. The van der Waals surface area contributed by atoms with Crippen LogP contribution in [-0.4, -0.2) is 18.1 Å². The van der Waals surface area contributed by atoms with E-state index in [1.54, 1.807) is 18.4 Å². The molecule has 4 heteroatoms. The normalized spacial score (nSPS) is 11.1. The van der Waals surface area contributed by atoms with E-state index in [0.29, 0.717) is 6.04 Å². The number of hydrogen-bond donors (Lipinski definition) is 1. The first-order valence-corrected chi connectivity index (χ1v) is 8.20. The van der Waals surface area contributed by atoms with Crippen LogP contribution in [0.1, 0.15) is 19.4 Å². The quantitative estimate of drug-likeness (QED) is 0.727. The van der Waals surface area contributed by atoms with Crippen LogP contribution in [0.15, 0.2) is 36.4 Å².